The average Bonchev–Trinajstić information content (AvgIpc) is 2.87. The summed E-state index contributed by atoms with van der Waals surface area (Å²) in [6, 6.07) is 8.21. The highest BCUT2D eigenvalue weighted by molar-refractivity contribution is 5.78. The van der Waals surface area contributed by atoms with Crippen LogP contribution in [0.15, 0.2) is 30.5 Å². The molecular formula is C26H31FN4O3. The van der Waals surface area contributed by atoms with Gasteiger partial charge in [-0.15, -0.1) is 0 Å². The minimum absolute atomic E-state index is 0.306. The Kier molecular flexibility index (Phi) is 6.78. The number of halogens is 1. The summed E-state index contributed by atoms with van der Waals surface area (Å²) in [5.41, 5.74) is 4.35. The van der Waals surface area contributed by atoms with Crippen molar-refractivity contribution in [1.29, 1.82) is 0 Å². The molecule has 0 amide bonds. The molecule has 1 aromatic carbocycles. The highest BCUT2D eigenvalue weighted by Gasteiger charge is 2.21. The van der Waals surface area contributed by atoms with E-state index in [0.29, 0.717) is 48.2 Å². The number of benzene rings is 1. The van der Waals surface area contributed by atoms with Crippen LogP contribution in [-0.2, 0) is 13.0 Å². The quantitative estimate of drug-likeness (QED) is 0.570. The zero-order chi connectivity index (χ0) is 23.5. The lowest BCUT2D eigenvalue weighted by Crippen LogP contribution is -2.43. The van der Waals surface area contributed by atoms with Crippen LogP contribution in [-0.4, -0.2) is 60.9 Å². The predicted octanol–water partition coefficient (Wildman–Crippen LogP) is 3.65. The number of nitrogens with one attached hydrogen (secondary N) is 1. The van der Waals surface area contributed by atoms with Gasteiger partial charge in [-0.05, 0) is 68.6 Å². The standard InChI is InChI=1S/C26H31FN4O3/c1-17-13-23-24(34-12-11-33-23)14-18(17)15-28-19-5-8-31(9-6-19)10-7-20-21(27)16-29-22-3-4-25(32-2)30-26(20)22/h3-4,13-14,16,19,28H,5-12,15H2,1-2H3. The van der Waals surface area contributed by atoms with Crippen molar-refractivity contribution in [3.05, 3.63) is 53.0 Å². The van der Waals surface area contributed by atoms with Crippen LogP contribution in [0.25, 0.3) is 11.0 Å². The summed E-state index contributed by atoms with van der Waals surface area (Å²) in [7, 11) is 1.56. The normalized spacial score (nSPS) is 16.7. The topological polar surface area (TPSA) is 68.7 Å². The molecule has 2 aliphatic heterocycles. The van der Waals surface area contributed by atoms with Crippen molar-refractivity contribution < 1.29 is 18.6 Å². The molecule has 2 aliphatic rings. The molecule has 180 valence electrons. The molecule has 0 saturated carbocycles. The van der Waals surface area contributed by atoms with E-state index in [1.54, 1.807) is 13.2 Å². The second kappa shape index (κ2) is 10.1. The Labute approximate surface area is 199 Å². The molecule has 7 nitrogen and oxygen atoms in total. The molecule has 0 bridgehead atoms. The van der Waals surface area contributed by atoms with Gasteiger partial charge in [-0.1, -0.05) is 0 Å². The number of nitrogens with zero attached hydrogens (tertiary/aromatic N) is 3. The third-order valence-electron chi connectivity index (χ3n) is 6.80. The summed E-state index contributed by atoms with van der Waals surface area (Å²) >= 11 is 0. The lowest BCUT2D eigenvalue weighted by molar-refractivity contribution is 0.171. The van der Waals surface area contributed by atoms with Crippen molar-refractivity contribution in [2.24, 2.45) is 0 Å². The number of likely N-dealkylation sites (tertiary alicyclic amines) is 1. The Morgan fingerprint density at radius 2 is 1.91 bits per heavy atom. The van der Waals surface area contributed by atoms with Crippen molar-refractivity contribution >= 4 is 11.0 Å². The van der Waals surface area contributed by atoms with Gasteiger partial charge in [0.2, 0.25) is 5.88 Å². The summed E-state index contributed by atoms with van der Waals surface area (Å²) in [4.78, 5) is 11.0. The van der Waals surface area contributed by atoms with Gasteiger partial charge in [0.15, 0.2) is 11.5 Å². The van der Waals surface area contributed by atoms with E-state index < -0.39 is 0 Å². The minimum atomic E-state index is -0.306. The van der Waals surface area contributed by atoms with E-state index in [-0.39, 0.29) is 5.82 Å². The number of aryl methyl sites for hydroxylation is 1. The van der Waals surface area contributed by atoms with Crippen molar-refractivity contribution in [3.63, 3.8) is 0 Å². The predicted molar refractivity (Wildman–Crippen MR) is 128 cm³/mol. The van der Waals surface area contributed by atoms with E-state index in [9.17, 15) is 4.39 Å². The van der Waals surface area contributed by atoms with Crippen LogP contribution in [0.1, 0.15) is 29.5 Å². The maximum atomic E-state index is 14.6. The summed E-state index contributed by atoms with van der Waals surface area (Å²) in [6.45, 7) is 6.90. The van der Waals surface area contributed by atoms with Crippen LogP contribution >= 0.6 is 0 Å². The van der Waals surface area contributed by atoms with Crippen LogP contribution in [0.5, 0.6) is 17.4 Å². The third-order valence-corrected chi connectivity index (χ3v) is 6.80. The van der Waals surface area contributed by atoms with Crippen molar-refractivity contribution in [2.75, 3.05) is 40.0 Å². The number of hydrogen-bond donors (Lipinski definition) is 1. The maximum absolute atomic E-state index is 14.6. The highest BCUT2D eigenvalue weighted by Crippen LogP contribution is 2.33. The molecule has 0 radical (unpaired) electrons. The van der Waals surface area contributed by atoms with E-state index in [1.165, 1.54) is 17.3 Å². The van der Waals surface area contributed by atoms with Gasteiger partial charge in [0.1, 0.15) is 19.0 Å². The summed E-state index contributed by atoms with van der Waals surface area (Å²) in [5.74, 6) is 1.85. The first kappa shape index (κ1) is 22.8. The van der Waals surface area contributed by atoms with Crippen molar-refractivity contribution in [2.45, 2.75) is 38.8 Å². The Balaban J connectivity index is 1.14. The van der Waals surface area contributed by atoms with Gasteiger partial charge in [0.05, 0.1) is 24.3 Å². The van der Waals surface area contributed by atoms with Crippen LogP contribution in [0.4, 0.5) is 4.39 Å². The van der Waals surface area contributed by atoms with Crippen LogP contribution in [0.2, 0.25) is 0 Å². The Hall–Kier alpha value is -2.97. The fourth-order valence-corrected chi connectivity index (χ4v) is 4.74. The lowest BCUT2D eigenvalue weighted by atomic mass is 10.0. The van der Waals surface area contributed by atoms with Crippen LogP contribution in [0, 0.1) is 12.7 Å². The minimum Gasteiger partial charge on any atom is -0.486 e. The number of piperidine rings is 1. The zero-order valence-corrected chi connectivity index (χ0v) is 19.8. The molecule has 1 fully saturated rings. The van der Waals surface area contributed by atoms with Gasteiger partial charge < -0.3 is 24.4 Å². The molecule has 0 unspecified atom stereocenters. The largest absolute Gasteiger partial charge is 0.486 e. The number of rotatable bonds is 7. The number of pyridine rings is 2. The molecule has 1 saturated heterocycles. The number of methoxy groups -OCH3 is 1. The third kappa shape index (κ3) is 4.93. The molecule has 3 aromatic rings. The maximum Gasteiger partial charge on any atom is 0.213 e. The smallest absolute Gasteiger partial charge is 0.213 e. The molecule has 2 aromatic heterocycles. The Morgan fingerprint density at radius 3 is 2.68 bits per heavy atom. The summed E-state index contributed by atoms with van der Waals surface area (Å²) < 4.78 is 31.2. The zero-order valence-electron chi connectivity index (χ0n) is 19.8. The Bertz CT molecular complexity index is 1160. The van der Waals surface area contributed by atoms with Crippen LogP contribution < -0.4 is 19.5 Å². The molecule has 0 aliphatic carbocycles. The Morgan fingerprint density at radius 1 is 1.15 bits per heavy atom. The fourth-order valence-electron chi connectivity index (χ4n) is 4.74. The average molecular weight is 467 g/mol. The molecule has 0 spiro atoms. The second-order valence-corrected chi connectivity index (χ2v) is 8.98. The first-order valence-electron chi connectivity index (χ1n) is 11.9. The molecule has 34 heavy (non-hydrogen) atoms. The van der Waals surface area contributed by atoms with Crippen molar-refractivity contribution in [1.82, 2.24) is 20.2 Å². The van der Waals surface area contributed by atoms with Gasteiger partial charge in [0.25, 0.3) is 0 Å². The SMILES string of the molecule is COc1ccc2ncc(F)c(CCN3CCC(NCc4cc5c(cc4C)OCCO5)CC3)c2n1. The molecule has 0 atom stereocenters. The van der Waals surface area contributed by atoms with E-state index in [0.717, 1.165) is 50.5 Å². The number of fused-ring (bicyclic) bond motifs is 2. The van der Waals surface area contributed by atoms with Gasteiger partial charge in [0, 0.05) is 30.8 Å². The molecular weight excluding hydrogens is 435 g/mol. The lowest BCUT2D eigenvalue weighted by Gasteiger charge is -2.32. The number of ether oxygens (including phenoxy) is 3. The van der Waals surface area contributed by atoms with E-state index in [2.05, 4.69) is 39.2 Å². The van der Waals surface area contributed by atoms with Gasteiger partial charge in [-0.3, -0.25) is 4.98 Å². The summed E-state index contributed by atoms with van der Waals surface area (Å²) in [6.07, 6.45) is 4.02. The fraction of sp³-hybridized carbons (Fsp3) is 0.462. The first-order valence-corrected chi connectivity index (χ1v) is 11.9. The highest BCUT2D eigenvalue weighted by atomic mass is 19.1. The van der Waals surface area contributed by atoms with E-state index >= 15 is 0 Å². The number of aromatic nitrogens is 2. The monoisotopic (exact) mass is 466 g/mol. The first-order chi connectivity index (χ1) is 16.6. The van der Waals surface area contributed by atoms with Gasteiger partial charge >= 0.3 is 0 Å². The molecule has 8 heteroatoms. The van der Waals surface area contributed by atoms with E-state index in [4.69, 9.17) is 14.2 Å². The summed E-state index contributed by atoms with van der Waals surface area (Å²) in [5, 5.41) is 3.71. The molecule has 5 rings (SSSR count). The van der Waals surface area contributed by atoms with Gasteiger partial charge in [-0.2, -0.15) is 0 Å². The van der Waals surface area contributed by atoms with Gasteiger partial charge in [-0.25, -0.2) is 9.37 Å². The van der Waals surface area contributed by atoms with Crippen molar-refractivity contribution in [3.8, 4) is 17.4 Å². The second-order valence-electron chi connectivity index (χ2n) is 8.98. The van der Waals surface area contributed by atoms with E-state index in [1.807, 2.05) is 6.07 Å². The molecule has 4 heterocycles. The molecule has 1 N–H and O–H groups in total. The van der Waals surface area contributed by atoms with Crippen LogP contribution in [0.3, 0.4) is 0 Å². The number of hydrogen-bond acceptors (Lipinski definition) is 7.